The highest BCUT2D eigenvalue weighted by atomic mass is 16.5. The molecule has 92 valence electrons. The summed E-state index contributed by atoms with van der Waals surface area (Å²) in [5.41, 5.74) is 4.24. The molecule has 0 fully saturated rings. The van der Waals surface area contributed by atoms with E-state index in [9.17, 15) is 0 Å². The van der Waals surface area contributed by atoms with Gasteiger partial charge in [0, 0.05) is 5.92 Å². The van der Waals surface area contributed by atoms with Crippen LogP contribution < -0.4 is 4.74 Å². The fraction of sp³-hybridized carbons (Fsp3) is 0.294. The molecule has 0 aromatic heterocycles. The van der Waals surface area contributed by atoms with Crippen LogP contribution in [0, 0.1) is 0 Å². The molecular weight excluding hydrogens is 220 g/mol. The van der Waals surface area contributed by atoms with E-state index < -0.39 is 0 Å². The van der Waals surface area contributed by atoms with E-state index in [0.29, 0.717) is 5.92 Å². The zero-order chi connectivity index (χ0) is 12.4. The van der Waals surface area contributed by atoms with Crippen molar-refractivity contribution in [1.82, 2.24) is 0 Å². The van der Waals surface area contributed by atoms with E-state index >= 15 is 0 Å². The zero-order valence-electron chi connectivity index (χ0n) is 10.7. The van der Waals surface area contributed by atoms with E-state index in [-0.39, 0.29) is 0 Å². The van der Waals surface area contributed by atoms with Crippen molar-refractivity contribution in [3.05, 3.63) is 65.2 Å². The lowest BCUT2D eigenvalue weighted by Gasteiger charge is -2.30. The van der Waals surface area contributed by atoms with Gasteiger partial charge in [-0.2, -0.15) is 0 Å². The summed E-state index contributed by atoms with van der Waals surface area (Å²) in [6.45, 7) is 2.97. The van der Waals surface area contributed by atoms with Crippen LogP contribution in [0.2, 0.25) is 0 Å². The summed E-state index contributed by atoms with van der Waals surface area (Å²) in [6, 6.07) is 17.0. The van der Waals surface area contributed by atoms with Crippen LogP contribution in [0.1, 0.15) is 29.5 Å². The van der Waals surface area contributed by atoms with Crippen LogP contribution in [-0.2, 0) is 12.8 Å². The molecule has 1 nitrogen and oxygen atoms in total. The van der Waals surface area contributed by atoms with Gasteiger partial charge in [0.25, 0.3) is 0 Å². The number of hydrogen-bond acceptors (Lipinski definition) is 1. The largest absolute Gasteiger partial charge is 0.493 e. The lowest BCUT2D eigenvalue weighted by molar-refractivity contribution is 0.273. The van der Waals surface area contributed by atoms with Gasteiger partial charge in [-0.25, -0.2) is 0 Å². The maximum atomic E-state index is 5.99. The van der Waals surface area contributed by atoms with Crippen molar-refractivity contribution in [2.24, 2.45) is 0 Å². The predicted octanol–water partition coefficient (Wildman–Crippen LogP) is 3.97. The molecule has 1 aliphatic rings. The summed E-state index contributed by atoms with van der Waals surface area (Å²) in [5, 5.41) is 0. The zero-order valence-corrected chi connectivity index (χ0v) is 10.7. The van der Waals surface area contributed by atoms with Crippen LogP contribution in [-0.4, -0.2) is 6.61 Å². The fourth-order valence-corrected chi connectivity index (χ4v) is 2.64. The number of fused-ring (bicyclic) bond motifs is 1. The molecule has 2 aromatic rings. The summed E-state index contributed by atoms with van der Waals surface area (Å²) in [5.74, 6) is 1.62. The average Bonchev–Trinajstić information content (AvgIpc) is 2.40. The Morgan fingerprint density at radius 2 is 1.83 bits per heavy atom. The van der Waals surface area contributed by atoms with Crippen LogP contribution in [0.15, 0.2) is 48.5 Å². The first kappa shape index (κ1) is 11.3. The van der Waals surface area contributed by atoms with E-state index in [4.69, 9.17) is 4.74 Å². The van der Waals surface area contributed by atoms with E-state index in [2.05, 4.69) is 49.4 Å². The third-order valence-electron chi connectivity index (χ3n) is 3.75. The lowest BCUT2D eigenvalue weighted by atomic mass is 9.78. The minimum atomic E-state index is 0.575. The molecule has 0 saturated heterocycles. The standard InChI is InChI=1S/C17H18O/c1-2-13-7-4-6-10-17(13)18-12-15-11-14-8-3-5-9-16(14)15/h3-10,15H,2,11-12H2,1H3. The van der Waals surface area contributed by atoms with Crippen LogP contribution in [0.4, 0.5) is 0 Å². The van der Waals surface area contributed by atoms with E-state index in [1.165, 1.54) is 16.7 Å². The van der Waals surface area contributed by atoms with Crippen molar-refractivity contribution < 1.29 is 4.74 Å². The normalized spacial score (nSPS) is 16.8. The van der Waals surface area contributed by atoms with E-state index in [1.807, 2.05) is 6.07 Å². The second-order valence-corrected chi connectivity index (χ2v) is 4.87. The number of aryl methyl sites for hydroxylation is 1. The van der Waals surface area contributed by atoms with Gasteiger partial charge in [0.1, 0.15) is 5.75 Å². The van der Waals surface area contributed by atoms with Gasteiger partial charge in [-0.1, -0.05) is 49.4 Å². The van der Waals surface area contributed by atoms with E-state index in [0.717, 1.165) is 25.2 Å². The monoisotopic (exact) mass is 238 g/mol. The molecular formula is C17H18O. The van der Waals surface area contributed by atoms with Gasteiger partial charge in [0.15, 0.2) is 0 Å². The average molecular weight is 238 g/mol. The molecule has 0 radical (unpaired) electrons. The van der Waals surface area contributed by atoms with Gasteiger partial charge < -0.3 is 4.74 Å². The molecule has 0 saturated carbocycles. The smallest absolute Gasteiger partial charge is 0.122 e. The van der Waals surface area contributed by atoms with Crippen molar-refractivity contribution in [1.29, 1.82) is 0 Å². The molecule has 0 aliphatic heterocycles. The summed E-state index contributed by atoms with van der Waals surface area (Å²) < 4.78 is 5.99. The molecule has 1 heteroatoms. The van der Waals surface area contributed by atoms with Gasteiger partial charge in [0.2, 0.25) is 0 Å². The highest BCUT2D eigenvalue weighted by Crippen LogP contribution is 2.35. The summed E-state index contributed by atoms with van der Waals surface area (Å²) in [4.78, 5) is 0. The summed E-state index contributed by atoms with van der Waals surface area (Å²) in [6.07, 6.45) is 2.18. The molecule has 3 rings (SSSR count). The first-order valence-corrected chi connectivity index (χ1v) is 6.67. The van der Waals surface area contributed by atoms with Crippen molar-refractivity contribution >= 4 is 0 Å². The quantitative estimate of drug-likeness (QED) is 0.783. The minimum Gasteiger partial charge on any atom is -0.493 e. The lowest BCUT2D eigenvalue weighted by Crippen LogP contribution is -2.23. The first-order valence-electron chi connectivity index (χ1n) is 6.67. The third-order valence-corrected chi connectivity index (χ3v) is 3.75. The molecule has 0 N–H and O–H groups in total. The second kappa shape index (κ2) is 4.85. The Kier molecular flexibility index (Phi) is 3.06. The third kappa shape index (κ3) is 2.01. The van der Waals surface area contributed by atoms with Gasteiger partial charge in [-0.3, -0.25) is 0 Å². The molecule has 18 heavy (non-hydrogen) atoms. The van der Waals surface area contributed by atoms with Gasteiger partial charge >= 0.3 is 0 Å². The topological polar surface area (TPSA) is 9.23 Å². The Morgan fingerprint density at radius 3 is 2.67 bits per heavy atom. The molecule has 1 aliphatic carbocycles. The van der Waals surface area contributed by atoms with E-state index in [1.54, 1.807) is 0 Å². The maximum absolute atomic E-state index is 5.99. The Hall–Kier alpha value is -1.76. The van der Waals surface area contributed by atoms with Gasteiger partial charge in [-0.05, 0) is 35.6 Å². The Labute approximate surface area is 108 Å². The summed E-state index contributed by atoms with van der Waals surface area (Å²) >= 11 is 0. The molecule has 0 amide bonds. The maximum Gasteiger partial charge on any atom is 0.122 e. The van der Waals surface area contributed by atoms with Crippen LogP contribution in [0.25, 0.3) is 0 Å². The Balaban J connectivity index is 1.67. The van der Waals surface area contributed by atoms with Crippen molar-refractivity contribution in [3.8, 4) is 5.75 Å². The van der Waals surface area contributed by atoms with Crippen LogP contribution >= 0.6 is 0 Å². The minimum absolute atomic E-state index is 0.575. The molecule has 1 unspecified atom stereocenters. The molecule has 2 aromatic carbocycles. The molecule has 0 heterocycles. The Bertz CT molecular complexity index is 545. The summed E-state index contributed by atoms with van der Waals surface area (Å²) in [7, 11) is 0. The van der Waals surface area contributed by atoms with Gasteiger partial charge in [-0.15, -0.1) is 0 Å². The number of ether oxygens (including phenoxy) is 1. The number of benzene rings is 2. The highest BCUT2D eigenvalue weighted by molar-refractivity contribution is 5.40. The fourth-order valence-electron chi connectivity index (χ4n) is 2.64. The molecule has 1 atom stereocenters. The van der Waals surface area contributed by atoms with Crippen molar-refractivity contribution in [3.63, 3.8) is 0 Å². The SMILES string of the molecule is CCc1ccccc1OCC1Cc2ccccc21. The highest BCUT2D eigenvalue weighted by Gasteiger charge is 2.25. The number of para-hydroxylation sites is 1. The molecule has 0 bridgehead atoms. The predicted molar refractivity (Wildman–Crippen MR) is 74.2 cm³/mol. The number of rotatable bonds is 4. The van der Waals surface area contributed by atoms with Crippen LogP contribution in [0.5, 0.6) is 5.75 Å². The first-order chi connectivity index (χ1) is 8.88. The molecule has 0 spiro atoms. The van der Waals surface area contributed by atoms with Crippen molar-refractivity contribution in [2.75, 3.05) is 6.61 Å². The Morgan fingerprint density at radius 1 is 1.06 bits per heavy atom. The number of hydrogen-bond donors (Lipinski definition) is 0. The van der Waals surface area contributed by atoms with Gasteiger partial charge in [0.05, 0.1) is 6.61 Å². The second-order valence-electron chi connectivity index (χ2n) is 4.87. The van der Waals surface area contributed by atoms with Crippen LogP contribution in [0.3, 0.4) is 0 Å². The van der Waals surface area contributed by atoms with Crippen molar-refractivity contribution in [2.45, 2.75) is 25.7 Å².